The molecule has 4 aliphatic carbocycles. The van der Waals surface area contributed by atoms with E-state index in [1.807, 2.05) is 12.4 Å². The van der Waals surface area contributed by atoms with Crippen molar-refractivity contribution in [2.45, 2.75) is 78.7 Å². The molecule has 0 bridgehead atoms. The number of carbonyl (C=O) groups is 1. The average molecular weight is 502 g/mol. The highest BCUT2D eigenvalue weighted by atomic mass is 32.2. The number of esters is 1. The van der Waals surface area contributed by atoms with Crippen molar-refractivity contribution in [3.05, 3.63) is 47.8 Å². The van der Waals surface area contributed by atoms with Crippen LogP contribution in [0.4, 0.5) is 0 Å². The summed E-state index contributed by atoms with van der Waals surface area (Å²) in [4.78, 5) is 15.8. The zero-order chi connectivity index (χ0) is 25.4. The lowest BCUT2D eigenvalue weighted by Gasteiger charge is -2.57. The minimum Gasteiger partial charge on any atom is -0.462 e. The summed E-state index contributed by atoms with van der Waals surface area (Å²) in [6.45, 7) is 7.93. The van der Waals surface area contributed by atoms with E-state index in [1.54, 1.807) is 5.57 Å². The van der Waals surface area contributed by atoms with E-state index in [1.165, 1.54) is 50.7 Å². The Morgan fingerprint density at radius 1 is 1.14 bits per heavy atom. The first kappa shape index (κ1) is 26.1. The molecule has 6 atom stereocenters. The third-order valence-electron chi connectivity index (χ3n) is 9.31. The van der Waals surface area contributed by atoms with Crippen LogP contribution in [0.1, 0.15) is 78.2 Å². The summed E-state index contributed by atoms with van der Waals surface area (Å²) in [6.07, 6.45) is 17.1. The summed E-state index contributed by atoms with van der Waals surface area (Å²) >= 11 is 0. The SMILES string of the molecule is CC(=O)O[C@H]1CC[C@@]2(C)C(=CC[C@@H]3[C@@H]2CC[C@]2(C)C(c4cccnc4)=CC[C@@H]32)C1.CCS(=O)(=O)O. The minimum atomic E-state index is -3.66. The van der Waals surface area contributed by atoms with Crippen LogP contribution in [0.2, 0.25) is 0 Å². The maximum atomic E-state index is 11.4. The van der Waals surface area contributed by atoms with E-state index in [0.29, 0.717) is 0 Å². The molecule has 1 aromatic heterocycles. The van der Waals surface area contributed by atoms with Crippen LogP contribution in [0, 0.1) is 28.6 Å². The fourth-order valence-electron chi connectivity index (χ4n) is 7.50. The van der Waals surface area contributed by atoms with Crippen molar-refractivity contribution in [3.8, 4) is 0 Å². The zero-order valence-electron chi connectivity index (χ0n) is 21.4. The fraction of sp³-hybridized carbons (Fsp3) is 0.643. The number of hydrogen-bond acceptors (Lipinski definition) is 5. The number of fused-ring (bicyclic) bond motifs is 5. The fourth-order valence-corrected chi connectivity index (χ4v) is 7.50. The molecule has 0 radical (unpaired) electrons. The van der Waals surface area contributed by atoms with E-state index in [0.717, 1.165) is 37.0 Å². The Kier molecular flexibility index (Phi) is 7.31. The molecule has 2 saturated carbocycles. The van der Waals surface area contributed by atoms with Gasteiger partial charge in [-0.1, -0.05) is 37.6 Å². The van der Waals surface area contributed by atoms with Gasteiger partial charge in [-0.3, -0.25) is 14.3 Å². The molecular formula is C28H39NO5S. The van der Waals surface area contributed by atoms with Crippen LogP contribution in [0.5, 0.6) is 0 Å². The van der Waals surface area contributed by atoms with E-state index in [-0.39, 0.29) is 28.7 Å². The van der Waals surface area contributed by atoms with Crippen LogP contribution in [-0.2, 0) is 19.6 Å². The van der Waals surface area contributed by atoms with Gasteiger partial charge >= 0.3 is 5.97 Å². The highest BCUT2D eigenvalue weighted by Crippen LogP contribution is 2.66. The number of aromatic nitrogens is 1. The summed E-state index contributed by atoms with van der Waals surface area (Å²) < 4.78 is 32.5. The topological polar surface area (TPSA) is 93.6 Å². The Labute approximate surface area is 210 Å². The van der Waals surface area contributed by atoms with Crippen LogP contribution in [0.25, 0.3) is 5.57 Å². The molecule has 0 spiro atoms. The number of hydrogen-bond donors (Lipinski definition) is 1. The lowest BCUT2D eigenvalue weighted by Crippen LogP contribution is -2.50. The van der Waals surface area contributed by atoms with Gasteiger partial charge in [-0.15, -0.1) is 0 Å². The Morgan fingerprint density at radius 2 is 1.86 bits per heavy atom. The number of allylic oxidation sites excluding steroid dienone is 3. The zero-order valence-corrected chi connectivity index (χ0v) is 22.2. The summed E-state index contributed by atoms with van der Waals surface area (Å²) in [7, 11) is -3.66. The summed E-state index contributed by atoms with van der Waals surface area (Å²) in [6, 6.07) is 4.30. The van der Waals surface area contributed by atoms with Gasteiger partial charge in [0.1, 0.15) is 6.10 Å². The second-order valence-corrected chi connectivity index (χ2v) is 12.9. The summed E-state index contributed by atoms with van der Waals surface area (Å²) in [5.74, 6) is 1.92. The van der Waals surface area contributed by atoms with E-state index in [9.17, 15) is 13.2 Å². The predicted molar refractivity (Wildman–Crippen MR) is 137 cm³/mol. The molecule has 35 heavy (non-hydrogen) atoms. The first-order chi connectivity index (χ1) is 16.5. The van der Waals surface area contributed by atoms with Gasteiger partial charge in [0.15, 0.2) is 0 Å². The molecule has 7 heteroatoms. The van der Waals surface area contributed by atoms with Gasteiger partial charge in [0.2, 0.25) is 0 Å². The van der Waals surface area contributed by atoms with Crippen molar-refractivity contribution < 1.29 is 22.5 Å². The van der Waals surface area contributed by atoms with Crippen LogP contribution in [0.3, 0.4) is 0 Å². The molecule has 0 amide bonds. The van der Waals surface area contributed by atoms with Gasteiger partial charge in [0.05, 0.1) is 5.75 Å². The van der Waals surface area contributed by atoms with Crippen molar-refractivity contribution in [1.29, 1.82) is 0 Å². The highest BCUT2D eigenvalue weighted by molar-refractivity contribution is 7.85. The standard InChI is InChI=1S/C26H33NO2.C2H6O3S/c1-17(28)29-20-10-12-25(2)19(15-20)6-7-21-23-9-8-22(18-5-4-14-27-16-18)26(23,3)13-11-24(21)25;1-2-6(3,4)5/h4-6,8,14,16,20-21,23-24H,7,9-13,15H2,1-3H3;2H2,1H3,(H,3,4,5)/t20-,21-,23-,24-,25-,26+;/m0./s1. The first-order valence-corrected chi connectivity index (χ1v) is 14.5. The minimum absolute atomic E-state index is 0.0857. The van der Waals surface area contributed by atoms with Crippen LogP contribution >= 0.6 is 0 Å². The van der Waals surface area contributed by atoms with Crippen molar-refractivity contribution in [1.82, 2.24) is 4.98 Å². The van der Waals surface area contributed by atoms with Gasteiger partial charge in [0.25, 0.3) is 10.1 Å². The molecule has 2 fully saturated rings. The normalized spacial score (nSPS) is 35.8. The second kappa shape index (κ2) is 9.81. The maximum Gasteiger partial charge on any atom is 0.302 e. The third kappa shape index (κ3) is 5.12. The Hall–Kier alpha value is -1.99. The highest BCUT2D eigenvalue weighted by Gasteiger charge is 2.56. The van der Waals surface area contributed by atoms with Crippen LogP contribution < -0.4 is 0 Å². The second-order valence-electron chi connectivity index (χ2n) is 11.2. The number of ether oxygens (including phenoxy) is 1. The van der Waals surface area contributed by atoms with Gasteiger partial charge in [-0.25, -0.2) is 0 Å². The van der Waals surface area contributed by atoms with E-state index >= 15 is 0 Å². The summed E-state index contributed by atoms with van der Waals surface area (Å²) in [5, 5.41) is 0. The molecule has 1 aromatic rings. The summed E-state index contributed by atoms with van der Waals surface area (Å²) in [5.41, 5.74) is 4.99. The quantitative estimate of drug-likeness (QED) is 0.317. The van der Waals surface area contributed by atoms with Gasteiger partial charge in [-0.05, 0) is 91.2 Å². The average Bonchev–Trinajstić information content (AvgIpc) is 3.17. The number of nitrogens with zero attached hydrogens (tertiary/aromatic N) is 1. The molecule has 5 rings (SSSR count). The molecule has 1 N–H and O–H groups in total. The lowest BCUT2D eigenvalue weighted by molar-refractivity contribution is -0.148. The molecule has 0 unspecified atom stereocenters. The molecule has 0 aromatic carbocycles. The molecular weight excluding hydrogens is 462 g/mol. The molecule has 0 aliphatic heterocycles. The molecule has 192 valence electrons. The largest absolute Gasteiger partial charge is 0.462 e. The Morgan fingerprint density at radius 3 is 2.49 bits per heavy atom. The van der Waals surface area contributed by atoms with Gasteiger partial charge in [-0.2, -0.15) is 8.42 Å². The molecule has 1 heterocycles. The van der Waals surface area contributed by atoms with Crippen molar-refractivity contribution in [2.75, 3.05) is 5.75 Å². The van der Waals surface area contributed by atoms with Gasteiger partial charge < -0.3 is 4.74 Å². The first-order valence-electron chi connectivity index (χ1n) is 12.9. The number of rotatable bonds is 3. The smallest absolute Gasteiger partial charge is 0.302 e. The number of carbonyl (C=O) groups excluding carboxylic acids is 1. The van der Waals surface area contributed by atoms with E-state index in [4.69, 9.17) is 9.29 Å². The van der Waals surface area contributed by atoms with Crippen molar-refractivity contribution in [2.24, 2.45) is 28.6 Å². The molecule has 0 saturated heterocycles. The Bertz CT molecular complexity index is 1110. The lowest BCUT2D eigenvalue weighted by atomic mass is 9.47. The molecule has 6 nitrogen and oxygen atoms in total. The predicted octanol–water partition coefficient (Wildman–Crippen LogP) is 5.86. The molecule has 4 aliphatic rings. The third-order valence-corrected chi connectivity index (χ3v) is 10.0. The monoisotopic (exact) mass is 501 g/mol. The van der Waals surface area contributed by atoms with Crippen molar-refractivity contribution >= 4 is 21.7 Å². The van der Waals surface area contributed by atoms with Crippen molar-refractivity contribution in [3.63, 3.8) is 0 Å². The van der Waals surface area contributed by atoms with E-state index in [2.05, 4.69) is 43.1 Å². The van der Waals surface area contributed by atoms with Gasteiger partial charge in [0, 0.05) is 25.7 Å². The van der Waals surface area contributed by atoms with Crippen LogP contribution in [0.15, 0.2) is 42.3 Å². The van der Waals surface area contributed by atoms with E-state index < -0.39 is 10.1 Å². The Balaban J connectivity index is 0.000000431. The number of pyridine rings is 1. The van der Waals surface area contributed by atoms with Crippen LogP contribution in [-0.4, -0.2) is 35.8 Å². The maximum absolute atomic E-state index is 11.4.